The van der Waals surface area contributed by atoms with E-state index < -0.39 is 15.6 Å². The largest absolute Gasteiger partial charge is 0.390 e. The van der Waals surface area contributed by atoms with Crippen LogP contribution in [-0.4, -0.2) is 51.3 Å². The maximum Gasteiger partial charge on any atom is 0.240 e. The highest BCUT2D eigenvalue weighted by Gasteiger charge is 2.61. The van der Waals surface area contributed by atoms with Crippen molar-refractivity contribution in [2.24, 2.45) is 16.7 Å². The van der Waals surface area contributed by atoms with Gasteiger partial charge in [0, 0.05) is 26.1 Å². The van der Waals surface area contributed by atoms with Gasteiger partial charge in [0.2, 0.25) is 15.9 Å². The summed E-state index contributed by atoms with van der Waals surface area (Å²) in [5.74, 6) is 0.0517. The molecule has 1 amide bonds. The van der Waals surface area contributed by atoms with Crippen LogP contribution in [0.1, 0.15) is 59.3 Å². The van der Waals surface area contributed by atoms with E-state index in [4.69, 9.17) is 4.74 Å². The highest BCUT2D eigenvalue weighted by Crippen LogP contribution is 2.64. The smallest absolute Gasteiger partial charge is 0.240 e. The molecule has 0 saturated heterocycles. The fourth-order valence-corrected chi connectivity index (χ4v) is 7.32. The van der Waals surface area contributed by atoms with Gasteiger partial charge in [0.25, 0.3) is 0 Å². The summed E-state index contributed by atoms with van der Waals surface area (Å²) in [4.78, 5) is 12.7. The van der Waals surface area contributed by atoms with E-state index in [2.05, 4.69) is 23.9 Å². The Morgan fingerprint density at radius 1 is 1.16 bits per heavy atom. The first-order valence-electron chi connectivity index (χ1n) is 11.5. The van der Waals surface area contributed by atoms with Gasteiger partial charge in [-0.15, -0.1) is 0 Å². The molecule has 180 valence electrons. The highest BCUT2D eigenvalue weighted by atomic mass is 32.2. The molecule has 1 aromatic carbocycles. The van der Waals surface area contributed by atoms with Crippen LogP contribution in [0.2, 0.25) is 0 Å². The second-order valence-electron chi connectivity index (χ2n) is 10.5. The molecule has 0 aliphatic heterocycles. The quantitative estimate of drug-likeness (QED) is 0.486. The number of rotatable bonds is 9. The van der Waals surface area contributed by atoms with Crippen LogP contribution in [0.25, 0.3) is 0 Å². The standard InChI is InChI=1S/C24H38N2O5S/c1-22(2)17-20(26-32(29,30)18-8-6-5-7-9-18)24(11-10-21(27)25-14-15-31-4)13-12-23(3,28)16-19(22)24/h5-9,19-20,26,28H,10-17H2,1-4H3,(H,25,27). The van der Waals surface area contributed by atoms with Crippen LogP contribution in [0.3, 0.4) is 0 Å². The summed E-state index contributed by atoms with van der Waals surface area (Å²) >= 11 is 0. The number of aliphatic hydroxyl groups is 1. The summed E-state index contributed by atoms with van der Waals surface area (Å²) in [5.41, 5.74) is -1.33. The van der Waals surface area contributed by atoms with Crippen molar-refractivity contribution in [3.63, 3.8) is 0 Å². The highest BCUT2D eigenvalue weighted by molar-refractivity contribution is 7.89. The monoisotopic (exact) mass is 466 g/mol. The van der Waals surface area contributed by atoms with E-state index in [1.165, 1.54) is 0 Å². The molecule has 3 rings (SSSR count). The lowest BCUT2D eigenvalue weighted by Crippen LogP contribution is -2.52. The van der Waals surface area contributed by atoms with Gasteiger partial charge in [-0.25, -0.2) is 13.1 Å². The minimum Gasteiger partial charge on any atom is -0.390 e. The van der Waals surface area contributed by atoms with Crippen molar-refractivity contribution in [2.45, 2.75) is 75.8 Å². The third-order valence-corrected chi connectivity index (χ3v) is 9.12. The fourth-order valence-electron chi connectivity index (χ4n) is 5.98. The summed E-state index contributed by atoms with van der Waals surface area (Å²) in [6.45, 7) is 7.09. The second kappa shape index (κ2) is 9.41. The molecule has 2 aliphatic carbocycles. The molecule has 1 aromatic rings. The SMILES string of the molecule is COCCNC(=O)CCC12CCC(C)(O)CC1C(C)(C)CC2NS(=O)(=O)c1ccccc1. The molecule has 3 N–H and O–H groups in total. The van der Waals surface area contributed by atoms with Gasteiger partial charge in [-0.2, -0.15) is 0 Å². The van der Waals surface area contributed by atoms with Crippen molar-refractivity contribution in [1.29, 1.82) is 0 Å². The Balaban J connectivity index is 1.88. The average Bonchev–Trinajstić information content (AvgIpc) is 2.93. The van der Waals surface area contributed by atoms with Gasteiger partial charge in [-0.3, -0.25) is 4.79 Å². The van der Waals surface area contributed by atoms with E-state index in [0.717, 1.165) is 0 Å². The maximum atomic E-state index is 13.2. The second-order valence-corrected chi connectivity index (χ2v) is 12.2. The molecule has 4 unspecified atom stereocenters. The third kappa shape index (κ3) is 5.35. The van der Waals surface area contributed by atoms with Crippen LogP contribution in [0.15, 0.2) is 35.2 Å². The van der Waals surface area contributed by atoms with Gasteiger partial charge in [0.15, 0.2) is 0 Å². The Morgan fingerprint density at radius 2 is 1.84 bits per heavy atom. The lowest BCUT2D eigenvalue weighted by molar-refractivity contribution is -0.123. The number of fused-ring (bicyclic) bond motifs is 1. The molecule has 0 aromatic heterocycles. The number of amides is 1. The van der Waals surface area contributed by atoms with Crippen molar-refractivity contribution >= 4 is 15.9 Å². The number of benzene rings is 1. The van der Waals surface area contributed by atoms with E-state index in [0.29, 0.717) is 51.7 Å². The van der Waals surface area contributed by atoms with Crippen LogP contribution >= 0.6 is 0 Å². The first-order chi connectivity index (χ1) is 14.9. The van der Waals surface area contributed by atoms with E-state index >= 15 is 0 Å². The van der Waals surface area contributed by atoms with Gasteiger partial charge in [-0.1, -0.05) is 32.0 Å². The number of hydrogen-bond acceptors (Lipinski definition) is 5. The Morgan fingerprint density at radius 3 is 2.50 bits per heavy atom. The van der Waals surface area contributed by atoms with Crippen molar-refractivity contribution in [1.82, 2.24) is 10.0 Å². The molecular weight excluding hydrogens is 428 g/mol. The normalized spacial score (nSPS) is 31.8. The zero-order valence-corrected chi connectivity index (χ0v) is 20.5. The Hall–Kier alpha value is -1.48. The molecule has 0 spiro atoms. The molecule has 8 heteroatoms. The van der Waals surface area contributed by atoms with Crippen LogP contribution in [0, 0.1) is 16.7 Å². The first kappa shape index (κ1) is 25.1. The Kier molecular flexibility index (Phi) is 7.39. The van der Waals surface area contributed by atoms with E-state index in [-0.39, 0.29) is 33.6 Å². The molecular formula is C24H38N2O5S. The van der Waals surface area contributed by atoms with Crippen LogP contribution in [0.5, 0.6) is 0 Å². The number of nitrogens with one attached hydrogen (secondary N) is 2. The molecule has 4 atom stereocenters. The predicted molar refractivity (Wildman–Crippen MR) is 123 cm³/mol. The van der Waals surface area contributed by atoms with Crippen molar-refractivity contribution in [3.8, 4) is 0 Å². The molecule has 0 radical (unpaired) electrons. The third-order valence-electron chi connectivity index (χ3n) is 7.63. The number of carbonyl (C=O) groups excluding carboxylic acids is 1. The number of ether oxygens (including phenoxy) is 1. The van der Waals surface area contributed by atoms with E-state index in [1.54, 1.807) is 37.4 Å². The van der Waals surface area contributed by atoms with Crippen molar-refractivity contribution in [2.75, 3.05) is 20.3 Å². The maximum absolute atomic E-state index is 13.2. The van der Waals surface area contributed by atoms with Gasteiger partial charge < -0.3 is 15.2 Å². The summed E-state index contributed by atoms with van der Waals surface area (Å²) in [6.07, 6.45) is 3.45. The minimum absolute atomic E-state index is 0.0538. The lowest BCUT2D eigenvalue weighted by Gasteiger charge is -2.50. The molecule has 2 aliphatic rings. The predicted octanol–water partition coefficient (Wildman–Crippen LogP) is 2.84. The lowest BCUT2D eigenvalue weighted by atomic mass is 9.57. The minimum atomic E-state index is -3.70. The first-order valence-corrected chi connectivity index (χ1v) is 13.0. The number of sulfonamides is 1. The van der Waals surface area contributed by atoms with Crippen molar-refractivity contribution < 1.29 is 23.1 Å². The van der Waals surface area contributed by atoms with E-state index in [1.807, 2.05) is 6.92 Å². The average molecular weight is 467 g/mol. The molecule has 0 bridgehead atoms. The Bertz CT molecular complexity index is 900. The van der Waals surface area contributed by atoms with Gasteiger partial charge in [0.1, 0.15) is 0 Å². The summed E-state index contributed by atoms with van der Waals surface area (Å²) in [7, 11) is -2.11. The molecule has 7 nitrogen and oxygen atoms in total. The number of hydrogen-bond donors (Lipinski definition) is 3. The summed E-state index contributed by atoms with van der Waals surface area (Å²) in [5, 5.41) is 13.7. The molecule has 32 heavy (non-hydrogen) atoms. The fraction of sp³-hybridized carbons (Fsp3) is 0.708. The van der Waals surface area contributed by atoms with Crippen LogP contribution < -0.4 is 10.0 Å². The Labute approximate surface area is 192 Å². The molecule has 2 fully saturated rings. The molecule has 2 saturated carbocycles. The van der Waals surface area contributed by atoms with Gasteiger partial charge >= 0.3 is 0 Å². The van der Waals surface area contributed by atoms with Crippen LogP contribution in [0.4, 0.5) is 0 Å². The number of methoxy groups -OCH3 is 1. The topological polar surface area (TPSA) is 105 Å². The van der Waals surface area contributed by atoms with E-state index in [9.17, 15) is 18.3 Å². The van der Waals surface area contributed by atoms with Gasteiger partial charge in [-0.05, 0) is 67.9 Å². The summed E-state index contributed by atoms with van der Waals surface area (Å²) < 4.78 is 34.4. The van der Waals surface area contributed by atoms with Crippen molar-refractivity contribution in [3.05, 3.63) is 30.3 Å². The van der Waals surface area contributed by atoms with Gasteiger partial charge in [0.05, 0.1) is 17.1 Å². The number of carbonyl (C=O) groups is 1. The zero-order valence-electron chi connectivity index (χ0n) is 19.7. The summed E-state index contributed by atoms with van der Waals surface area (Å²) in [6, 6.07) is 8.13. The zero-order chi connectivity index (χ0) is 23.6. The van der Waals surface area contributed by atoms with Crippen LogP contribution in [-0.2, 0) is 19.6 Å². The molecule has 0 heterocycles.